The molecule has 0 atom stereocenters. The van der Waals surface area contributed by atoms with E-state index in [-0.39, 0.29) is 24.0 Å². The number of hydrogen-bond donors (Lipinski definition) is 2. The number of carbonyl (C=O) groups is 2. The number of urea groups is 1. The number of amides is 2. The molecule has 0 aromatic rings. The third-order valence-corrected chi connectivity index (χ3v) is 4.59. The van der Waals surface area contributed by atoms with Gasteiger partial charge in [-0.3, -0.25) is 4.79 Å². The standard InChI is InChI=1S/C15H28N2O3/c1-11(2)15(3,4)10-16-14(20)17(9-13(18)19)12-7-5-6-8-12/h11-12H,5-10H2,1-4H3,(H,16,20)(H,18,19). The molecule has 0 aromatic carbocycles. The molecule has 5 heteroatoms. The van der Waals surface area contributed by atoms with Crippen LogP contribution in [0, 0.1) is 11.3 Å². The molecule has 1 saturated carbocycles. The van der Waals surface area contributed by atoms with Gasteiger partial charge in [0.05, 0.1) is 0 Å². The Balaban J connectivity index is 2.61. The average molecular weight is 284 g/mol. The molecule has 0 aliphatic heterocycles. The van der Waals surface area contributed by atoms with Crippen molar-refractivity contribution in [2.24, 2.45) is 11.3 Å². The van der Waals surface area contributed by atoms with Crippen LogP contribution in [0.3, 0.4) is 0 Å². The SMILES string of the molecule is CC(C)C(C)(C)CNC(=O)N(CC(=O)O)C1CCCC1. The Morgan fingerprint density at radius 1 is 1.30 bits per heavy atom. The van der Waals surface area contributed by atoms with E-state index in [0.717, 1.165) is 25.7 Å². The fourth-order valence-corrected chi connectivity index (χ4v) is 2.34. The summed E-state index contributed by atoms with van der Waals surface area (Å²) in [7, 11) is 0. The van der Waals surface area contributed by atoms with E-state index >= 15 is 0 Å². The topological polar surface area (TPSA) is 69.6 Å². The summed E-state index contributed by atoms with van der Waals surface area (Å²) in [6.45, 7) is 8.81. The second-order valence-electron chi connectivity index (χ2n) is 6.76. The van der Waals surface area contributed by atoms with Crippen LogP contribution in [0.2, 0.25) is 0 Å². The van der Waals surface area contributed by atoms with E-state index in [4.69, 9.17) is 5.11 Å². The van der Waals surface area contributed by atoms with E-state index in [9.17, 15) is 9.59 Å². The molecule has 2 N–H and O–H groups in total. The minimum Gasteiger partial charge on any atom is -0.480 e. The van der Waals surface area contributed by atoms with Crippen molar-refractivity contribution in [3.05, 3.63) is 0 Å². The van der Waals surface area contributed by atoms with Gasteiger partial charge in [0.1, 0.15) is 6.54 Å². The second-order valence-corrected chi connectivity index (χ2v) is 6.76. The lowest BCUT2D eigenvalue weighted by molar-refractivity contribution is -0.138. The van der Waals surface area contributed by atoms with Gasteiger partial charge in [0, 0.05) is 12.6 Å². The largest absolute Gasteiger partial charge is 0.480 e. The molecule has 0 spiro atoms. The summed E-state index contributed by atoms with van der Waals surface area (Å²) in [5, 5.41) is 11.9. The average Bonchev–Trinajstić information content (AvgIpc) is 2.86. The van der Waals surface area contributed by atoms with Gasteiger partial charge in [0.15, 0.2) is 0 Å². The molecule has 5 nitrogen and oxygen atoms in total. The minimum atomic E-state index is -0.949. The molecule has 2 amide bonds. The number of carbonyl (C=O) groups excluding carboxylic acids is 1. The van der Waals surface area contributed by atoms with Crippen LogP contribution in [0.5, 0.6) is 0 Å². The highest BCUT2D eigenvalue weighted by atomic mass is 16.4. The number of nitrogens with zero attached hydrogens (tertiary/aromatic N) is 1. The van der Waals surface area contributed by atoms with Crippen molar-refractivity contribution in [3.8, 4) is 0 Å². The molecule has 1 rings (SSSR count). The third kappa shape index (κ3) is 4.69. The van der Waals surface area contributed by atoms with Crippen molar-refractivity contribution in [2.45, 2.75) is 59.4 Å². The Morgan fingerprint density at radius 2 is 1.85 bits per heavy atom. The van der Waals surface area contributed by atoms with Gasteiger partial charge in [-0.1, -0.05) is 40.5 Å². The zero-order chi connectivity index (χ0) is 15.3. The first kappa shape index (κ1) is 16.8. The maximum Gasteiger partial charge on any atom is 0.323 e. The van der Waals surface area contributed by atoms with Crippen LogP contribution in [0.1, 0.15) is 53.4 Å². The smallest absolute Gasteiger partial charge is 0.323 e. The van der Waals surface area contributed by atoms with Crippen LogP contribution in [0.25, 0.3) is 0 Å². The molecule has 0 unspecified atom stereocenters. The molecule has 1 aliphatic carbocycles. The molecule has 0 saturated heterocycles. The van der Waals surface area contributed by atoms with E-state index in [1.807, 2.05) is 0 Å². The number of carboxylic acid groups (broad SMARTS) is 1. The monoisotopic (exact) mass is 284 g/mol. The predicted octanol–water partition coefficient (Wildman–Crippen LogP) is 2.71. The summed E-state index contributed by atoms with van der Waals surface area (Å²) in [4.78, 5) is 24.7. The van der Waals surface area contributed by atoms with Crippen molar-refractivity contribution in [3.63, 3.8) is 0 Å². The minimum absolute atomic E-state index is 0.000228. The Hall–Kier alpha value is -1.26. The fourth-order valence-electron chi connectivity index (χ4n) is 2.34. The Bertz CT molecular complexity index is 347. The van der Waals surface area contributed by atoms with Gasteiger partial charge in [-0.15, -0.1) is 0 Å². The quantitative estimate of drug-likeness (QED) is 0.788. The highest BCUT2D eigenvalue weighted by Crippen LogP contribution is 2.26. The summed E-state index contributed by atoms with van der Waals surface area (Å²) in [5.41, 5.74) is 0.000228. The van der Waals surface area contributed by atoms with Crippen molar-refractivity contribution >= 4 is 12.0 Å². The van der Waals surface area contributed by atoms with Gasteiger partial charge >= 0.3 is 12.0 Å². The van der Waals surface area contributed by atoms with E-state index in [0.29, 0.717) is 12.5 Å². The summed E-state index contributed by atoms with van der Waals surface area (Å²) in [6.07, 6.45) is 3.97. The van der Waals surface area contributed by atoms with Gasteiger partial charge in [0.2, 0.25) is 0 Å². The maximum atomic E-state index is 12.3. The molecule has 1 fully saturated rings. The molecule has 0 bridgehead atoms. The van der Waals surface area contributed by atoms with Gasteiger partial charge in [-0.2, -0.15) is 0 Å². The molecule has 20 heavy (non-hydrogen) atoms. The van der Waals surface area contributed by atoms with Crippen LogP contribution < -0.4 is 5.32 Å². The molecule has 0 heterocycles. The number of carboxylic acids is 1. The second kappa shape index (κ2) is 6.95. The predicted molar refractivity (Wildman–Crippen MR) is 78.6 cm³/mol. The zero-order valence-electron chi connectivity index (χ0n) is 13.1. The highest BCUT2D eigenvalue weighted by Gasteiger charge is 2.30. The molecular formula is C15H28N2O3. The van der Waals surface area contributed by atoms with Crippen LogP contribution in [-0.4, -0.2) is 41.1 Å². The molecule has 1 aliphatic rings. The van der Waals surface area contributed by atoms with Crippen molar-refractivity contribution in [1.82, 2.24) is 10.2 Å². The highest BCUT2D eigenvalue weighted by molar-refractivity contribution is 5.80. The normalized spacial score (nSPS) is 16.4. The molecule has 116 valence electrons. The van der Waals surface area contributed by atoms with E-state index < -0.39 is 5.97 Å². The van der Waals surface area contributed by atoms with Gasteiger partial charge < -0.3 is 15.3 Å². The summed E-state index contributed by atoms with van der Waals surface area (Å²) >= 11 is 0. The lowest BCUT2D eigenvalue weighted by Gasteiger charge is -2.32. The van der Waals surface area contributed by atoms with Gasteiger partial charge in [-0.25, -0.2) is 4.79 Å². The lowest BCUT2D eigenvalue weighted by Crippen LogP contribution is -2.50. The van der Waals surface area contributed by atoms with Crippen LogP contribution in [-0.2, 0) is 4.79 Å². The van der Waals surface area contributed by atoms with Gasteiger partial charge in [-0.05, 0) is 24.2 Å². The third-order valence-electron chi connectivity index (χ3n) is 4.59. The summed E-state index contributed by atoms with van der Waals surface area (Å²) in [6, 6.07) is -0.165. The van der Waals surface area contributed by atoms with Crippen LogP contribution >= 0.6 is 0 Å². The fraction of sp³-hybridized carbons (Fsp3) is 0.867. The Labute approximate surface area is 121 Å². The molecule has 0 aromatic heterocycles. The first-order valence-corrected chi connectivity index (χ1v) is 7.50. The molecular weight excluding hydrogens is 256 g/mol. The van der Waals surface area contributed by atoms with Crippen LogP contribution in [0.15, 0.2) is 0 Å². The summed E-state index contributed by atoms with van der Waals surface area (Å²) in [5.74, 6) is -0.502. The maximum absolute atomic E-state index is 12.3. The van der Waals surface area contributed by atoms with E-state index in [2.05, 4.69) is 33.0 Å². The number of nitrogens with one attached hydrogen (secondary N) is 1. The Kier molecular flexibility index (Phi) is 5.84. The van der Waals surface area contributed by atoms with Crippen molar-refractivity contribution < 1.29 is 14.7 Å². The van der Waals surface area contributed by atoms with Gasteiger partial charge in [0.25, 0.3) is 0 Å². The number of hydrogen-bond acceptors (Lipinski definition) is 2. The first-order valence-electron chi connectivity index (χ1n) is 7.50. The van der Waals surface area contributed by atoms with E-state index in [1.165, 1.54) is 4.90 Å². The first-order chi connectivity index (χ1) is 9.24. The zero-order valence-corrected chi connectivity index (χ0v) is 13.1. The Morgan fingerprint density at radius 3 is 2.30 bits per heavy atom. The van der Waals surface area contributed by atoms with Crippen molar-refractivity contribution in [2.75, 3.05) is 13.1 Å². The van der Waals surface area contributed by atoms with Crippen molar-refractivity contribution in [1.29, 1.82) is 0 Å². The lowest BCUT2D eigenvalue weighted by atomic mass is 9.81. The molecule has 0 radical (unpaired) electrons. The van der Waals surface area contributed by atoms with E-state index in [1.54, 1.807) is 0 Å². The summed E-state index contributed by atoms with van der Waals surface area (Å²) < 4.78 is 0. The van der Waals surface area contributed by atoms with Crippen LogP contribution in [0.4, 0.5) is 4.79 Å². The number of rotatable bonds is 6. The number of aliphatic carboxylic acids is 1.